The zero-order valence-corrected chi connectivity index (χ0v) is 9.22. The van der Waals surface area contributed by atoms with Gasteiger partial charge in [-0.25, -0.2) is 0 Å². The van der Waals surface area contributed by atoms with Gasteiger partial charge in [0.1, 0.15) is 0 Å². The van der Waals surface area contributed by atoms with Gasteiger partial charge in [-0.1, -0.05) is 0 Å². The van der Waals surface area contributed by atoms with E-state index in [-0.39, 0.29) is 5.91 Å². The van der Waals surface area contributed by atoms with Gasteiger partial charge in [-0.2, -0.15) is 10.2 Å². The number of hydrogen-bond donors (Lipinski definition) is 1. The topological polar surface area (TPSA) is 58.1 Å². The smallest absolute Gasteiger partial charge is 0.236 e. The molecule has 0 aromatic carbocycles. The van der Waals surface area contributed by atoms with E-state index in [2.05, 4.69) is 15.5 Å². The van der Waals surface area contributed by atoms with Crippen LogP contribution >= 0.6 is 0 Å². The molecule has 1 N–H and O–H groups in total. The van der Waals surface area contributed by atoms with Crippen molar-refractivity contribution < 1.29 is 4.79 Å². The summed E-state index contributed by atoms with van der Waals surface area (Å²) < 4.78 is 0. The Morgan fingerprint density at radius 3 is 2.94 bits per heavy atom. The average Bonchev–Trinajstić information content (AvgIpc) is 2.84. The lowest BCUT2D eigenvalue weighted by molar-refractivity contribution is -0.129. The molecule has 5 nitrogen and oxygen atoms in total. The molecule has 86 valence electrons. The van der Waals surface area contributed by atoms with Gasteiger partial charge in [0.2, 0.25) is 5.91 Å². The zero-order chi connectivity index (χ0) is 11.2. The summed E-state index contributed by atoms with van der Waals surface area (Å²) in [5, 5.41) is 10.8. The first kappa shape index (κ1) is 11.0. The van der Waals surface area contributed by atoms with Crippen LogP contribution in [0.15, 0.2) is 18.3 Å². The summed E-state index contributed by atoms with van der Waals surface area (Å²) in [5.41, 5.74) is 0.858. The summed E-state index contributed by atoms with van der Waals surface area (Å²) in [6, 6.07) is 3.73. The monoisotopic (exact) mass is 220 g/mol. The number of carbonyl (C=O) groups is 1. The van der Waals surface area contributed by atoms with Crippen molar-refractivity contribution in [2.45, 2.75) is 19.4 Å². The highest BCUT2D eigenvalue weighted by atomic mass is 16.2. The highest BCUT2D eigenvalue weighted by Gasteiger charge is 2.16. The fraction of sp³-hybridized carbons (Fsp3) is 0.545. The molecule has 1 aliphatic heterocycles. The number of amides is 1. The third kappa shape index (κ3) is 3.00. The molecule has 0 radical (unpaired) electrons. The first-order valence-corrected chi connectivity index (χ1v) is 5.61. The molecule has 1 aromatic heterocycles. The van der Waals surface area contributed by atoms with Gasteiger partial charge in [0.05, 0.1) is 12.2 Å². The summed E-state index contributed by atoms with van der Waals surface area (Å²) in [6.45, 7) is 2.79. The summed E-state index contributed by atoms with van der Waals surface area (Å²) in [7, 11) is 0. The van der Waals surface area contributed by atoms with Gasteiger partial charge < -0.3 is 10.2 Å². The van der Waals surface area contributed by atoms with Crippen molar-refractivity contribution in [1.29, 1.82) is 0 Å². The quantitative estimate of drug-likeness (QED) is 0.787. The van der Waals surface area contributed by atoms with Crippen molar-refractivity contribution in [3.8, 4) is 0 Å². The van der Waals surface area contributed by atoms with E-state index < -0.39 is 0 Å². The first-order valence-electron chi connectivity index (χ1n) is 5.61. The van der Waals surface area contributed by atoms with Crippen LogP contribution in [0.25, 0.3) is 0 Å². The number of likely N-dealkylation sites (tertiary alicyclic amines) is 1. The molecular weight excluding hydrogens is 204 g/mol. The van der Waals surface area contributed by atoms with Crippen LogP contribution in [-0.4, -0.2) is 40.6 Å². The molecule has 5 heteroatoms. The fourth-order valence-corrected chi connectivity index (χ4v) is 1.80. The maximum absolute atomic E-state index is 11.7. The Morgan fingerprint density at radius 1 is 1.44 bits per heavy atom. The molecule has 1 fully saturated rings. The van der Waals surface area contributed by atoms with Crippen LogP contribution in [0.3, 0.4) is 0 Å². The molecule has 1 amide bonds. The lowest BCUT2D eigenvalue weighted by atomic mass is 10.4. The highest BCUT2D eigenvalue weighted by Crippen LogP contribution is 2.06. The second-order valence-electron chi connectivity index (χ2n) is 3.91. The van der Waals surface area contributed by atoms with Gasteiger partial charge in [-0.05, 0) is 25.0 Å². The Labute approximate surface area is 94.9 Å². The molecule has 0 saturated carbocycles. The van der Waals surface area contributed by atoms with Crippen molar-refractivity contribution in [3.05, 3.63) is 24.0 Å². The van der Waals surface area contributed by atoms with Gasteiger partial charge in [-0.3, -0.25) is 4.79 Å². The second-order valence-corrected chi connectivity index (χ2v) is 3.91. The van der Waals surface area contributed by atoms with E-state index in [1.54, 1.807) is 6.20 Å². The van der Waals surface area contributed by atoms with E-state index in [0.29, 0.717) is 13.1 Å². The lowest BCUT2D eigenvalue weighted by Gasteiger charge is -2.15. The first-order chi connectivity index (χ1) is 7.86. The standard InChI is InChI=1S/C11H16N4O/c16-11(15-6-1-2-7-15)9-12-8-10-4-3-5-13-14-10/h3-5,12H,1-2,6-9H2. The zero-order valence-electron chi connectivity index (χ0n) is 9.22. The Hall–Kier alpha value is -1.49. The van der Waals surface area contributed by atoms with E-state index in [1.165, 1.54) is 0 Å². The third-order valence-corrected chi connectivity index (χ3v) is 2.67. The van der Waals surface area contributed by atoms with Crippen molar-refractivity contribution >= 4 is 5.91 Å². The average molecular weight is 220 g/mol. The van der Waals surface area contributed by atoms with Crippen LogP contribution in [0.1, 0.15) is 18.5 Å². The highest BCUT2D eigenvalue weighted by molar-refractivity contribution is 5.78. The van der Waals surface area contributed by atoms with Crippen LogP contribution in [0.4, 0.5) is 0 Å². The summed E-state index contributed by atoms with van der Waals surface area (Å²) in [6.07, 6.45) is 3.91. The number of carbonyl (C=O) groups excluding carboxylic acids is 1. The molecule has 1 aliphatic rings. The number of aromatic nitrogens is 2. The minimum atomic E-state index is 0.182. The number of rotatable bonds is 4. The van der Waals surface area contributed by atoms with Crippen molar-refractivity contribution in [2.75, 3.05) is 19.6 Å². The molecule has 0 unspecified atom stereocenters. The minimum Gasteiger partial charge on any atom is -0.342 e. The van der Waals surface area contributed by atoms with Crippen molar-refractivity contribution in [2.24, 2.45) is 0 Å². The number of nitrogens with zero attached hydrogens (tertiary/aromatic N) is 3. The molecule has 0 atom stereocenters. The van der Waals surface area contributed by atoms with E-state index in [1.807, 2.05) is 17.0 Å². The molecule has 2 rings (SSSR count). The molecule has 0 spiro atoms. The van der Waals surface area contributed by atoms with E-state index in [4.69, 9.17) is 0 Å². The molecule has 1 saturated heterocycles. The Bertz CT molecular complexity index is 335. The van der Waals surface area contributed by atoms with Crippen LogP contribution < -0.4 is 5.32 Å². The van der Waals surface area contributed by atoms with E-state index in [0.717, 1.165) is 31.6 Å². The van der Waals surface area contributed by atoms with Gasteiger partial charge in [0.25, 0.3) is 0 Å². The largest absolute Gasteiger partial charge is 0.342 e. The van der Waals surface area contributed by atoms with Crippen LogP contribution in [0.5, 0.6) is 0 Å². The van der Waals surface area contributed by atoms with Gasteiger partial charge >= 0.3 is 0 Å². The Morgan fingerprint density at radius 2 is 2.25 bits per heavy atom. The molecular formula is C11H16N4O. The lowest BCUT2D eigenvalue weighted by Crippen LogP contribution is -2.36. The van der Waals surface area contributed by atoms with Crippen molar-refractivity contribution in [1.82, 2.24) is 20.4 Å². The minimum absolute atomic E-state index is 0.182. The van der Waals surface area contributed by atoms with Gasteiger partial charge in [0, 0.05) is 25.8 Å². The molecule has 16 heavy (non-hydrogen) atoms. The molecule has 1 aromatic rings. The normalized spacial score (nSPS) is 15.4. The predicted molar refractivity (Wildman–Crippen MR) is 59.6 cm³/mol. The summed E-state index contributed by atoms with van der Waals surface area (Å²) in [4.78, 5) is 13.6. The summed E-state index contributed by atoms with van der Waals surface area (Å²) >= 11 is 0. The number of hydrogen-bond acceptors (Lipinski definition) is 4. The van der Waals surface area contributed by atoms with E-state index in [9.17, 15) is 4.79 Å². The maximum atomic E-state index is 11.7. The van der Waals surface area contributed by atoms with Crippen LogP contribution in [0, 0.1) is 0 Å². The Kier molecular flexibility index (Phi) is 3.82. The van der Waals surface area contributed by atoms with Gasteiger partial charge in [-0.15, -0.1) is 0 Å². The predicted octanol–water partition coefficient (Wildman–Crippen LogP) is 0.189. The SMILES string of the molecule is O=C(CNCc1cccnn1)N1CCCC1. The van der Waals surface area contributed by atoms with E-state index >= 15 is 0 Å². The van der Waals surface area contributed by atoms with Gasteiger partial charge in [0.15, 0.2) is 0 Å². The second kappa shape index (κ2) is 5.55. The van der Waals surface area contributed by atoms with Crippen LogP contribution in [0.2, 0.25) is 0 Å². The third-order valence-electron chi connectivity index (χ3n) is 2.67. The molecule has 0 aliphatic carbocycles. The molecule has 0 bridgehead atoms. The maximum Gasteiger partial charge on any atom is 0.236 e. The van der Waals surface area contributed by atoms with Crippen LogP contribution in [-0.2, 0) is 11.3 Å². The summed E-state index contributed by atoms with van der Waals surface area (Å²) in [5.74, 6) is 0.182. The fourth-order valence-electron chi connectivity index (χ4n) is 1.80. The molecule has 2 heterocycles. The Balaban J connectivity index is 1.70. The van der Waals surface area contributed by atoms with Crippen molar-refractivity contribution in [3.63, 3.8) is 0 Å². The number of nitrogens with one attached hydrogen (secondary N) is 1.